The monoisotopic (exact) mass is 397 g/mol. The highest BCUT2D eigenvalue weighted by molar-refractivity contribution is 7.12. The summed E-state index contributed by atoms with van der Waals surface area (Å²) >= 11 is 2.91. The molecular formula is C20H19N3O2S2. The molecule has 5 nitrogen and oxygen atoms in total. The van der Waals surface area contributed by atoms with Crippen molar-refractivity contribution in [1.29, 1.82) is 0 Å². The zero-order valence-corrected chi connectivity index (χ0v) is 16.3. The molecule has 2 amide bonds. The first-order valence-corrected chi connectivity index (χ1v) is 10.5. The fourth-order valence-corrected chi connectivity index (χ4v) is 4.39. The van der Waals surface area contributed by atoms with Gasteiger partial charge in [0, 0.05) is 37.6 Å². The Balaban J connectivity index is 1.33. The number of carbonyl (C=O) groups is 2. The number of nitrogens with zero attached hydrogens (tertiary/aromatic N) is 2. The molecule has 0 spiro atoms. The van der Waals surface area contributed by atoms with Gasteiger partial charge in [0.05, 0.1) is 9.75 Å². The predicted molar refractivity (Wildman–Crippen MR) is 111 cm³/mol. The van der Waals surface area contributed by atoms with Gasteiger partial charge in [0.1, 0.15) is 0 Å². The molecule has 0 unspecified atom stereocenters. The van der Waals surface area contributed by atoms with Crippen LogP contribution in [0.4, 0.5) is 11.4 Å². The van der Waals surface area contributed by atoms with Crippen molar-refractivity contribution in [3.05, 3.63) is 69.0 Å². The van der Waals surface area contributed by atoms with Crippen molar-refractivity contribution >= 4 is 45.9 Å². The summed E-state index contributed by atoms with van der Waals surface area (Å²) in [4.78, 5) is 30.2. The van der Waals surface area contributed by atoms with Gasteiger partial charge in [-0.1, -0.05) is 12.1 Å². The van der Waals surface area contributed by atoms with Gasteiger partial charge in [-0.25, -0.2) is 0 Å². The molecular weight excluding hydrogens is 378 g/mol. The fraction of sp³-hybridized carbons (Fsp3) is 0.200. The van der Waals surface area contributed by atoms with Gasteiger partial charge in [-0.3, -0.25) is 9.59 Å². The Labute approximate surface area is 165 Å². The highest BCUT2D eigenvalue weighted by atomic mass is 32.1. The molecule has 0 saturated carbocycles. The Hall–Kier alpha value is -2.64. The smallest absolute Gasteiger partial charge is 0.265 e. The van der Waals surface area contributed by atoms with Crippen LogP contribution in [0, 0.1) is 0 Å². The third-order valence-corrected chi connectivity index (χ3v) is 6.26. The molecule has 4 rings (SSSR count). The van der Waals surface area contributed by atoms with Gasteiger partial charge in [-0.15, -0.1) is 22.7 Å². The number of thiophene rings is 2. The van der Waals surface area contributed by atoms with Crippen molar-refractivity contribution in [2.75, 3.05) is 36.4 Å². The maximum Gasteiger partial charge on any atom is 0.265 e. The molecule has 1 aliphatic heterocycles. The number of hydrogen-bond donors (Lipinski definition) is 1. The van der Waals surface area contributed by atoms with E-state index in [-0.39, 0.29) is 11.8 Å². The van der Waals surface area contributed by atoms with Crippen LogP contribution < -0.4 is 10.2 Å². The van der Waals surface area contributed by atoms with Crippen LogP contribution in [0.1, 0.15) is 19.3 Å². The second-order valence-corrected chi connectivity index (χ2v) is 8.13. The number of benzene rings is 1. The second-order valence-electron chi connectivity index (χ2n) is 6.23. The van der Waals surface area contributed by atoms with E-state index >= 15 is 0 Å². The van der Waals surface area contributed by atoms with Crippen LogP contribution in [-0.2, 0) is 0 Å². The minimum absolute atomic E-state index is 0.0848. The Kier molecular flexibility index (Phi) is 5.22. The lowest BCUT2D eigenvalue weighted by atomic mass is 10.2. The molecule has 27 heavy (non-hydrogen) atoms. The van der Waals surface area contributed by atoms with Crippen molar-refractivity contribution in [1.82, 2.24) is 4.90 Å². The largest absolute Gasteiger partial charge is 0.368 e. The van der Waals surface area contributed by atoms with Crippen LogP contribution in [-0.4, -0.2) is 42.9 Å². The van der Waals surface area contributed by atoms with Crippen LogP contribution in [0.15, 0.2) is 59.3 Å². The topological polar surface area (TPSA) is 52.7 Å². The highest BCUT2D eigenvalue weighted by Crippen LogP contribution is 2.21. The maximum absolute atomic E-state index is 12.4. The van der Waals surface area contributed by atoms with Crippen LogP contribution in [0.3, 0.4) is 0 Å². The Morgan fingerprint density at radius 1 is 0.815 bits per heavy atom. The molecule has 0 radical (unpaired) electrons. The van der Waals surface area contributed by atoms with E-state index in [2.05, 4.69) is 10.2 Å². The maximum atomic E-state index is 12.4. The van der Waals surface area contributed by atoms with Crippen LogP contribution in [0.5, 0.6) is 0 Å². The fourth-order valence-electron chi connectivity index (χ4n) is 3.08. The van der Waals surface area contributed by atoms with E-state index in [9.17, 15) is 9.59 Å². The first kappa shape index (κ1) is 17.8. The van der Waals surface area contributed by atoms with Crippen LogP contribution in [0.2, 0.25) is 0 Å². The molecule has 3 heterocycles. The number of hydrogen-bond acceptors (Lipinski definition) is 5. The lowest BCUT2D eigenvalue weighted by molar-refractivity contribution is 0.0751. The van der Waals surface area contributed by atoms with E-state index in [0.29, 0.717) is 18.0 Å². The first-order chi connectivity index (χ1) is 13.2. The van der Waals surface area contributed by atoms with Gasteiger partial charge in [-0.2, -0.15) is 0 Å². The number of piperazine rings is 1. The molecule has 0 bridgehead atoms. The molecule has 3 aromatic rings. The van der Waals surface area contributed by atoms with Gasteiger partial charge in [0.2, 0.25) is 0 Å². The summed E-state index contributed by atoms with van der Waals surface area (Å²) in [5.74, 6) is 0.0368. The lowest BCUT2D eigenvalue weighted by Crippen LogP contribution is -2.48. The molecule has 7 heteroatoms. The van der Waals surface area contributed by atoms with E-state index in [1.165, 1.54) is 22.7 Å². The quantitative estimate of drug-likeness (QED) is 0.723. The summed E-state index contributed by atoms with van der Waals surface area (Å²) in [6.07, 6.45) is 0. The van der Waals surface area contributed by atoms with Crippen molar-refractivity contribution < 1.29 is 9.59 Å². The van der Waals surface area contributed by atoms with Gasteiger partial charge in [0.25, 0.3) is 11.8 Å². The number of anilines is 2. The number of carbonyl (C=O) groups excluding carboxylic acids is 2. The third-order valence-electron chi connectivity index (χ3n) is 4.53. The number of rotatable bonds is 4. The van der Waals surface area contributed by atoms with Gasteiger partial charge in [0.15, 0.2) is 0 Å². The van der Waals surface area contributed by atoms with E-state index in [1.54, 1.807) is 0 Å². The summed E-state index contributed by atoms with van der Waals surface area (Å²) < 4.78 is 0. The molecule has 1 aromatic carbocycles. The molecule has 1 saturated heterocycles. The minimum Gasteiger partial charge on any atom is -0.368 e. The van der Waals surface area contributed by atoms with Crippen LogP contribution >= 0.6 is 22.7 Å². The third kappa shape index (κ3) is 4.04. The molecule has 0 atom stereocenters. The number of amides is 2. The average Bonchev–Trinajstić information content (AvgIpc) is 3.42. The van der Waals surface area contributed by atoms with Crippen molar-refractivity contribution in [2.24, 2.45) is 0 Å². The molecule has 0 aliphatic carbocycles. The Morgan fingerprint density at radius 2 is 1.44 bits per heavy atom. The van der Waals surface area contributed by atoms with Crippen molar-refractivity contribution in [2.45, 2.75) is 0 Å². The summed E-state index contributed by atoms with van der Waals surface area (Å²) in [5, 5.41) is 6.74. The highest BCUT2D eigenvalue weighted by Gasteiger charge is 2.22. The van der Waals surface area contributed by atoms with E-state index in [4.69, 9.17) is 0 Å². The summed E-state index contributed by atoms with van der Waals surface area (Å²) in [6, 6.07) is 15.3. The van der Waals surface area contributed by atoms with E-state index in [0.717, 1.165) is 29.3 Å². The lowest BCUT2D eigenvalue weighted by Gasteiger charge is -2.36. The van der Waals surface area contributed by atoms with Gasteiger partial charge >= 0.3 is 0 Å². The van der Waals surface area contributed by atoms with Crippen molar-refractivity contribution in [3.8, 4) is 0 Å². The molecule has 2 aromatic heterocycles. The number of nitrogens with one attached hydrogen (secondary N) is 1. The molecule has 1 aliphatic rings. The predicted octanol–water partition coefficient (Wildman–Crippen LogP) is 4.02. The molecule has 1 N–H and O–H groups in total. The molecule has 1 fully saturated rings. The van der Waals surface area contributed by atoms with Gasteiger partial charge in [-0.05, 0) is 47.2 Å². The average molecular weight is 398 g/mol. The van der Waals surface area contributed by atoms with Gasteiger partial charge < -0.3 is 15.1 Å². The SMILES string of the molecule is O=C(Nc1ccc(N2CCN(C(=O)c3cccs3)CC2)cc1)c1cccs1. The zero-order chi connectivity index (χ0) is 18.6. The molecule has 138 valence electrons. The summed E-state index contributed by atoms with van der Waals surface area (Å²) in [6.45, 7) is 3.04. The van der Waals surface area contributed by atoms with Crippen molar-refractivity contribution in [3.63, 3.8) is 0 Å². The first-order valence-electron chi connectivity index (χ1n) is 8.73. The van der Waals surface area contributed by atoms with E-state index in [1.807, 2.05) is 64.2 Å². The minimum atomic E-state index is -0.0848. The second kappa shape index (κ2) is 7.94. The zero-order valence-electron chi connectivity index (χ0n) is 14.6. The summed E-state index contributed by atoms with van der Waals surface area (Å²) in [5.41, 5.74) is 1.89. The Bertz CT molecular complexity index is 897. The summed E-state index contributed by atoms with van der Waals surface area (Å²) in [7, 11) is 0. The van der Waals surface area contributed by atoms with E-state index < -0.39 is 0 Å². The normalized spacial score (nSPS) is 14.2. The standard InChI is InChI=1S/C20H19N3O2S2/c24-19(17-3-1-13-26-17)21-15-5-7-16(8-6-15)22-9-11-23(12-10-22)20(25)18-4-2-14-27-18/h1-8,13-14H,9-12H2,(H,21,24). The van der Waals surface area contributed by atoms with Crippen LogP contribution in [0.25, 0.3) is 0 Å². The Morgan fingerprint density at radius 3 is 2.04 bits per heavy atom.